The molecule has 0 spiro atoms. The number of carbonyl (C=O) groups is 2. The van der Waals surface area contributed by atoms with E-state index in [4.69, 9.17) is 28.4 Å². The lowest BCUT2D eigenvalue weighted by Crippen LogP contribution is -2.06. The highest BCUT2D eigenvalue weighted by molar-refractivity contribution is 5.81. The Balaban J connectivity index is 1.10. The highest BCUT2D eigenvalue weighted by atomic mass is 16.5. The SMILES string of the molecule is C=CC(=O)OCCCOc1ccc(-c2ccc(COc3ccc(C#N)cc3OCc3ccc(-c4ccc(OCCCOC(=O)C=C)cc4)cc3)cc2)cc1. The second-order valence-corrected chi connectivity index (χ2v) is 11.9. The molecule has 5 aromatic carbocycles. The molecule has 0 saturated heterocycles. The second kappa shape index (κ2) is 20.3. The van der Waals surface area contributed by atoms with Gasteiger partial charge in [0.2, 0.25) is 0 Å². The van der Waals surface area contributed by atoms with Crippen molar-refractivity contribution in [1.82, 2.24) is 0 Å². The lowest BCUT2D eigenvalue weighted by atomic mass is 10.0. The van der Waals surface area contributed by atoms with Crippen LogP contribution in [0.25, 0.3) is 22.3 Å². The fraction of sp³-hybridized carbons (Fsp3) is 0.178. The van der Waals surface area contributed by atoms with Crippen LogP contribution in [0.5, 0.6) is 23.0 Å². The Morgan fingerprint density at radius 3 is 1.33 bits per heavy atom. The number of benzene rings is 5. The first-order chi connectivity index (χ1) is 26.4. The van der Waals surface area contributed by atoms with E-state index >= 15 is 0 Å². The Kier molecular flexibility index (Phi) is 14.5. The highest BCUT2D eigenvalue weighted by Gasteiger charge is 2.10. The molecule has 0 bridgehead atoms. The maximum Gasteiger partial charge on any atom is 0.330 e. The lowest BCUT2D eigenvalue weighted by Gasteiger charge is -2.14. The molecular weight excluding hydrogens is 682 g/mol. The van der Waals surface area contributed by atoms with Crippen molar-refractivity contribution in [3.8, 4) is 51.3 Å². The van der Waals surface area contributed by atoms with Crippen molar-refractivity contribution in [2.75, 3.05) is 26.4 Å². The average Bonchev–Trinajstić information content (AvgIpc) is 3.22. The number of hydrogen-bond donors (Lipinski definition) is 0. The van der Waals surface area contributed by atoms with Crippen LogP contribution in [0.3, 0.4) is 0 Å². The Bertz CT molecular complexity index is 2030. The van der Waals surface area contributed by atoms with Crippen LogP contribution < -0.4 is 18.9 Å². The number of hydrogen-bond acceptors (Lipinski definition) is 9. The molecule has 5 rings (SSSR count). The molecule has 0 unspecified atom stereocenters. The molecular formula is C45H41NO8. The summed E-state index contributed by atoms with van der Waals surface area (Å²) in [7, 11) is 0. The predicted octanol–water partition coefficient (Wildman–Crippen LogP) is 9.05. The molecule has 0 heterocycles. The van der Waals surface area contributed by atoms with Crippen molar-refractivity contribution in [3.05, 3.63) is 157 Å². The third-order valence-corrected chi connectivity index (χ3v) is 8.08. The molecule has 0 fully saturated rings. The number of ether oxygens (including phenoxy) is 6. The van der Waals surface area contributed by atoms with E-state index in [9.17, 15) is 14.9 Å². The third-order valence-electron chi connectivity index (χ3n) is 8.08. The normalized spacial score (nSPS) is 10.4. The van der Waals surface area contributed by atoms with E-state index in [1.165, 1.54) is 0 Å². The lowest BCUT2D eigenvalue weighted by molar-refractivity contribution is -0.138. The van der Waals surface area contributed by atoms with Crippen LogP contribution in [0.2, 0.25) is 0 Å². The van der Waals surface area contributed by atoms with Gasteiger partial charge in [-0.3, -0.25) is 0 Å². The van der Waals surface area contributed by atoms with E-state index in [1.807, 2.05) is 97.1 Å². The number of rotatable bonds is 20. The molecule has 0 atom stereocenters. The molecule has 274 valence electrons. The molecule has 0 aromatic heterocycles. The van der Waals surface area contributed by atoms with E-state index in [2.05, 4.69) is 19.2 Å². The van der Waals surface area contributed by atoms with Gasteiger partial charge < -0.3 is 28.4 Å². The van der Waals surface area contributed by atoms with Gasteiger partial charge in [-0.15, -0.1) is 0 Å². The largest absolute Gasteiger partial charge is 0.493 e. The Labute approximate surface area is 315 Å². The fourth-order valence-electron chi connectivity index (χ4n) is 5.17. The van der Waals surface area contributed by atoms with Gasteiger partial charge in [0.25, 0.3) is 0 Å². The topological polar surface area (TPSA) is 113 Å². The monoisotopic (exact) mass is 723 g/mol. The smallest absolute Gasteiger partial charge is 0.330 e. The van der Waals surface area contributed by atoms with E-state index in [0.717, 1.165) is 57.0 Å². The van der Waals surface area contributed by atoms with Crippen LogP contribution in [-0.2, 0) is 32.3 Å². The summed E-state index contributed by atoms with van der Waals surface area (Å²) in [5.74, 6) is 1.64. The van der Waals surface area contributed by atoms with E-state index in [-0.39, 0.29) is 13.2 Å². The first-order valence-corrected chi connectivity index (χ1v) is 17.5. The number of carbonyl (C=O) groups excluding carboxylic acids is 2. The summed E-state index contributed by atoms with van der Waals surface area (Å²) in [5, 5.41) is 9.51. The zero-order valence-corrected chi connectivity index (χ0v) is 29.9. The van der Waals surface area contributed by atoms with Gasteiger partial charge in [-0.25, -0.2) is 9.59 Å². The van der Waals surface area contributed by atoms with Crippen molar-refractivity contribution in [2.24, 2.45) is 0 Å². The van der Waals surface area contributed by atoms with Gasteiger partial charge in [0.15, 0.2) is 11.5 Å². The Morgan fingerprint density at radius 1 is 0.519 bits per heavy atom. The first-order valence-electron chi connectivity index (χ1n) is 17.5. The van der Waals surface area contributed by atoms with Crippen LogP contribution in [0, 0.1) is 11.3 Å². The fourth-order valence-corrected chi connectivity index (χ4v) is 5.17. The van der Waals surface area contributed by atoms with Crippen LogP contribution in [-0.4, -0.2) is 38.4 Å². The average molecular weight is 724 g/mol. The predicted molar refractivity (Wildman–Crippen MR) is 206 cm³/mol. The summed E-state index contributed by atoms with van der Waals surface area (Å²) in [6.45, 7) is 8.80. The maximum atomic E-state index is 11.1. The molecule has 54 heavy (non-hydrogen) atoms. The molecule has 0 N–H and O–H groups in total. The van der Waals surface area contributed by atoms with Gasteiger partial charge in [0.05, 0.1) is 38.1 Å². The molecule has 0 amide bonds. The van der Waals surface area contributed by atoms with Gasteiger partial charge in [0, 0.05) is 31.1 Å². The zero-order chi connectivity index (χ0) is 38.0. The minimum absolute atomic E-state index is 0.281. The van der Waals surface area contributed by atoms with Crippen LogP contribution in [0.1, 0.15) is 29.5 Å². The van der Waals surface area contributed by atoms with Crippen molar-refractivity contribution in [2.45, 2.75) is 26.1 Å². The zero-order valence-electron chi connectivity index (χ0n) is 29.9. The molecule has 0 saturated carbocycles. The maximum absolute atomic E-state index is 11.1. The number of nitrogens with zero attached hydrogens (tertiary/aromatic N) is 1. The highest BCUT2D eigenvalue weighted by Crippen LogP contribution is 2.31. The van der Waals surface area contributed by atoms with Crippen molar-refractivity contribution in [1.29, 1.82) is 5.26 Å². The van der Waals surface area contributed by atoms with E-state index in [0.29, 0.717) is 56.3 Å². The quantitative estimate of drug-likeness (QED) is 0.0441. The molecule has 0 aliphatic heterocycles. The van der Waals surface area contributed by atoms with Crippen molar-refractivity contribution < 1.29 is 38.0 Å². The minimum Gasteiger partial charge on any atom is -0.493 e. The summed E-state index contributed by atoms with van der Waals surface area (Å²) >= 11 is 0. The van der Waals surface area contributed by atoms with Gasteiger partial charge in [0.1, 0.15) is 24.7 Å². The van der Waals surface area contributed by atoms with E-state index in [1.54, 1.807) is 18.2 Å². The molecule has 9 nitrogen and oxygen atoms in total. The van der Waals surface area contributed by atoms with Gasteiger partial charge in [-0.05, 0) is 69.8 Å². The van der Waals surface area contributed by atoms with Crippen molar-refractivity contribution >= 4 is 11.9 Å². The van der Waals surface area contributed by atoms with Crippen molar-refractivity contribution in [3.63, 3.8) is 0 Å². The number of esters is 2. The minimum atomic E-state index is -0.438. The molecule has 0 aliphatic carbocycles. The van der Waals surface area contributed by atoms with Crippen LogP contribution in [0.15, 0.2) is 141 Å². The Hall–Kier alpha value is -6.79. The van der Waals surface area contributed by atoms with Gasteiger partial charge in [-0.1, -0.05) is 86.0 Å². The molecule has 0 aliphatic rings. The summed E-state index contributed by atoms with van der Waals surface area (Å²) < 4.78 is 33.7. The number of nitriles is 1. The molecule has 0 radical (unpaired) electrons. The van der Waals surface area contributed by atoms with Crippen LogP contribution >= 0.6 is 0 Å². The summed E-state index contributed by atoms with van der Waals surface area (Å²) in [4.78, 5) is 22.2. The second-order valence-electron chi connectivity index (χ2n) is 11.9. The van der Waals surface area contributed by atoms with Crippen LogP contribution in [0.4, 0.5) is 0 Å². The summed E-state index contributed by atoms with van der Waals surface area (Å²) in [6.07, 6.45) is 3.46. The Morgan fingerprint density at radius 2 is 0.926 bits per heavy atom. The summed E-state index contributed by atoms with van der Waals surface area (Å²) in [6, 6.07) is 39.2. The van der Waals surface area contributed by atoms with Gasteiger partial charge in [-0.2, -0.15) is 5.26 Å². The van der Waals surface area contributed by atoms with E-state index < -0.39 is 11.9 Å². The third kappa shape index (κ3) is 11.9. The van der Waals surface area contributed by atoms with Gasteiger partial charge >= 0.3 is 11.9 Å². The molecule has 5 aromatic rings. The standard InChI is InChI=1S/C45H41NO8/c1-3-44(47)51-27-5-25-49-40-20-16-38(17-21-40)36-12-7-33(8-13-36)31-53-42-24-11-35(30-46)29-43(42)54-32-34-9-14-37(15-10-34)39-18-22-41(23-19-39)50-26-6-28-52-45(48)4-2/h3-4,7-24,29H,1-2,5-6,25-28,31-32H2. The summed E-state index contributed by atoms with van der Waals surface area (Å²) in [5.41, 5.74) is 6.61. The molecule has 9 heteroatoms. The first kappa shape index (κ1) is 38.4.